The minimum Gasteiger partial charge on any atom is -0.315 e. The average Bonchev–Trinajstić information content (AvgIpc) is 2.36. The second-order valence-electron chi connectivity index (χ2n) is 5.72. The predicted octanol–water partition coefficient (Wildman–Crippen LogP) is 1.33. The summed E-state index contributed by atoms with van der Waals surface area (Å²) in [5.74, 6) is 0.298. The Kier molecular flexibility index (Phi) is 6.73. The van der Waals surface area contributed by atoms with E-state index in [1.807, 2.05) is 27.7 Å². The van der Waals surface area contributed by atoms with Crippen LogP contribution in [0, 0.1) is 5.92 Å². The molecule has 1 fully saturated rings. The third-order valence-corrected chi connectivity index (χ3v) is 5.61. The fraction of sp³-hybridized carbons (Fsp3) is 1.00. The highest BCUT2D eigenvalue weighted by molar-refractivity contribution is 7.87. The van der Waals surface area contributed by atoms with Gasteiger partial charge in [-0.25, -0.2) is 0 Å². The zero-order valence-electron chi connectivity index (χ0n) is 12.6. The van der Waals surface area contributed by atoms with E-state index in [0.29, 0.717) is 12.5 Å². The standard InChI is InChI=1S/C13H29N3O2S/c1-5-14-10-13-8-6-7-9-16(13)19(17,18)15-12(4)11(2)3/h11-15H,5-10H2,1-4H3. The third-order valence-electron chi connectivity index (χ3n) is 3.85. The van der Waals surface area contributed by atoms with E-state index in [1.165, 1.54) is 0 Å². The number of hydrogen-bond acceptors (Lipinski definition) is 3. The molecule has 1 saturated heterocycles. The van der Waals surface area contributed by atoms with E-state index in [9.17, 15) is 8.42 Å². The number of rotatable bonds is 7. The van der Waals surface area contributed by atoms with Gasteiger partial charge in [0.15, 0.2) is 0 Å². The summed E-state index contributed by atoms with van der Waals surface area (Å²) in [5, 5.41) is 3.26. The first-order valence-electron chi connectivity index (χ1n) is 7.38. The Balaban J connectivity index is 2.72. The number of piperidine rings is 1. The van der Waals surface area contributed by atoms with Crippen LogP contribution in [0.2, 0.25) is 0 Å². The van der Waals surface area contributed by atoms with E-state index >= 15 is 0 Å². The van der Waals surface area contributed by atoms with Crippen molar-refractivity contribution in [3.8, 4) is 0 Å². The summed E-state index contributed by atoms with van der Waals surface area (Å²) in [6, 6.07) is 0.0530. The monoisotopic (exact) mass is 291 g/mol. The molecule has 0 aromatic rings. The van der Waals surface area contributed by atoms with Gasteiger partial charge < -0.3 is 5.32 Å². The second-order valence-corrected chi connectivity index (χ2v) is 7.38. The first kappa shape index (κ1) is 16.9. The molecule has 5 nitrogen and oxygen atoms in total. The molecule has 0 aliphatic carbocycles. The first-order chi connectivity index (χ1) is 8.88. The zero-order chi connectivity index (χ0) is 14.5. The van der Waals surface area contributed by atoms with E-state index in [0.717, 1.165) is 32.4 Å². The van der Waals surface area contributed by atoms with Crippen LogP contribution in [0.4, 0.5) is 0 Å². The molecule has 1 rings (SSSR count). The summed E-state index contributed by atoms with van der Waals surface area (Å²) in [4.78, 5) is 0. The lowest BCUT2D eigenvalue weighted by Crippen LogP contribution is -2.54. The Morgan fingerprint density at radius 3 is 2.53 bits per heavy atom. The molecule has 0 bridgehead atoms. The Bertz CT molecular complexity index is 357. The number of nitrogens with zero attached hydrogens (tertiary/aromatic N) is 1. The summed E-state index contributed by atoms with van der Waals surface area (Å²) in [5.41, 5.74) is 0. The van der Waals surface area contributed by atoms with Gasteiger partial charge in [-0.15, -0.1) is 0 Å². The molecule has 6 heteroatoms. The summed E-state index contributed by atoms with van der Waals surface area (Å²) in [7, 11) is -3.36. The molecule has 1 heterocycles. The van der Waals surface area contributed by atoms with Crippen molar-refractivity contribution < 1.29 is 8.42 Å². The SMILES string of the molecule is CCNCC1CCCCN1S(=O)(=O)NC(C)C(C)C. The highest BCUT2D eigenvalue weighted by Crippen LogP contribution is 2.20. The van der Waals surface area contributed by atoms with Crippen molar-refractivity contribution in [2.24, 2.45) is 5.92 Å². The number of likely N-dealkylation sites (N-methyl/N-ethyl adjacent to an activating group) is 1. The summed E-state index contributed by atoms with van der Waals surface area (Å²) in [6.45, 7) is 10.3. The summed E-state index contributed by atoms with van der Waals surface area (Å²) >= 11 is 0. The summed E-state index contributed by atoms with van der Waals surface area (Å²) in [6.07, 6.45) is 3.02. The van der Waals surface area contributed by atoms with Gasteiger partial charge in [0, 0.05) is 25.2 Å². The van der Waals surface area contributed by atoms with E-state index in [4.69, 9.17) is 0 Å². The molecular formula is C13H29N3O2S. The zero-order valence-corrected chi connectivity index (χ0v) is 13.5. The minimum absolute atomic E-state index is 0.0355. The highest BCUT2D eigenvalue weighted by atomic mass is 32.2. The van der Waals surface area contributed by atoms with Gasteiger partial charge in [0.05, 0.1) is 0 Å². The van der Waals surface area contributed by atoms with Gasteiger partial charge >= 0.3 is 0 Å². The van der Waals surface area contributed by atoms with Gasteiger partial charge in [0.2, 0.25) is 0 Å². The van der Waals surface area contributed by atoms with Crippen molar-refractivity contribution in [2.75, 3.05) is 19.6 Å². The van der Waals surface area contributed by atoms with Crippen LogP contribution in [0.15, 0.2) is 0 Å². The van der Waals surface area contributed by atoms with Crippen LogP contribution in [-0.4, -0.2) is 44.4 Å². The highest BCUT2D eigenvalue weighted by Gasteiger charge is 2.32. The lowest BCUT2D eigenvalue weighted by Gasteiger charge is -2.35. The molecule has 2 atom stereocenters. The van der Waals surface area contributed by atoms with Gasteiger partial charge in [0.25, 0.3) is 10.2 Å². The average molecular weight is 291 g/mol. The predicted molar refractivity (Wildman–Crippen MR) is 79.2 cm³/mol. The van der Waals surface area contributed by atoms with E-state index in [2.05, 4.69) is 10.0 Å². The molecule has 0 saturated carbocycles. The fourth-order valence-electron chi connectivity index (χ4n) is 2.24. The smallest absolute Gasteiger partial charge is 0.279 e. The van der Waals surface area contributed by atoms with E-state index < -0.39 is 10.2 Å². The van der Waals surface area contributed by atoms with Crippen molar-refractivity contribution in [3.05, 3.63) is 0 Å². The van der Waals surface area contributed by atoms with E-state index in [-0.39, 0.29) is 12.1 Å². The molecular weight excluding hydrogens is 262 g/mol. The number of hydrogen-bond donors (Lipinski definition) is 2. The molecule has 0 aromatic heterocycles. The maximum Gasteiger partial charge on any atom is 0.279 e. The van der Waals surface area contributed by atoms with Crippen molar-refractivity contribution in [1.82, 2.24) is 14.3 Å². The lowest BCUT2D eigenvalue weighted by molar-refractivity contribution is 0.241. The maximum atomic E-state index is 12.5. The number of nitrogens with one attached hydrogen (secondary N) is 2. The van der Waals surface area contributed by atoms with Crippen LogP contribution < -0.4 is 10.0 Å². The van der Waals surface area contributed by atoms with Gasteiger partial charge in [-0.1, -0.05) is 27.2 Å². The molecule has 19 heavy (non-hydrogen) atoms. The Morgan fingerprint density at radius 1 is 1.26 bits per heavy atom. The Morgan fingerprint density at radius 2 is 1.95 bits per heavy atom. The normalized spacial score (nSPS) is 23.7. The van der Waals surface area contributed by atoms with E-state index in [1.54, 1.807) is 4.31 Å². The largest absolute Gasteiger partial charge is 0.315 e. The molecule has 0 amide bonds. The van der Waals surface area contributed by atoms with Crippen LogP contribution >= 0.6 is 0 Å². The molecule has 0 aromatic carbocycles. The topological polar surface area (TPSA) is 61.4 Å². The van der Waals surface area contributed by atoms with Crippen molar-refractivity contribution in [2.45, 2.75) is 59.0 Å². The van der Waals surface area contributed by atoms with Gasteiger partial charge in [-0.2, -0.15) is 17.4 Å². The first-order valence-corrected chi connectivity index (χ1v) is 8.82. The Labute approximate surface area is 118 Å². The molecule has 0 radical (unpaired) electrons. The maximum absolute atomic E-state index is 12.5. The fourth-order valence-corrected chi connectivity index (χ4v) is 4.06. The molecule has 1 aliphatic rings. The second kappa shape index (κ2) is 7.57. The lowest BCUT2D eigenvalue weighted by atomic mass is 10.1. The van der Waals surface area contributed by atoms with Crippen LogP contribution in [0.1, 0.15) is 47.0 Å². The Hall–Kier alpha value is -0.170. The van der Waals surface area contributed by atoms with Gasteiger partial charge in [0.1, 0.15) is 0 Å². The van der Waals surface area contributed by atoms with Crippen LogP contribution in [0.25, 0.3) is 0 Å². The molecule has 0 spiro atoms. The van der Waals surface area contributed by atoms with Crippen LogP contribution in [-0.2, 0) is 10.2 Å². The van der Waals surface area contributed by atoms with Crippen LogP contribution in [0.5, 0.6) is 0 Å². The van der Waals surface area contributed by atoms with Crippen molar-refractivity contribution in [3.63, 3.8) is 0 Å². The minimum atomic E-state index is -3.36. The quantitative estimate of drug-likeness (QED) is 0.744. The third kappa shape index (κ3) is 5.02. The van der Waals surface area contributed by atoms with Crippen LogP contribution in [0.3, 0.4) is 0 Å². The van der Waals surface area contributed by atoms with Crippen molar-refractivity contribution >= 4 is 10.2 Å². The molecule has 1 aliphatic heterocycles. The molecule has 2 N–H and O–H groups in total. The summed E-state index contributed by atoms with van der Waals surface area (Å²) < 4.78 is 29.4. The molecule has 114 valence electrons. The van der Waals surface area contributed by atoms with Crippen molar-refractivity contribution in [1.29, 1.82) is 0 Å². The van der Waals surface area contributed by atoms with Gasteiger partial charge in [-0.3, -0.25) is 0 Å². The molecule has 2 unspecified atom stereocenters. The van der Waals surface area contributed by atoms with Gasteiger partial charge in [-0.05, 0) is 32.2 Å².